The van der Waals surface area contributed by atoms with Crippen LogP contribution >= 0.6 is 0 Å². The highest BCUT2D eigenvalue weighted by molar-refractivity contribution is 6.05. The summed E-state index contributed by atoms with van der Waals surface area (Å²) in [7, 11) is 2.69. The number of ether oxygens (including phenoxy) is 2. The molecular formula is C10H12O4. The molecule has 0 amide bonds. The number of ketones is 1. The Balaban J connectivity index is 3.04. The lowest BCUT2D eigenvalue weighted by Gasteiger charge is -2.22. The normalized spacial score (nSPS) is 25.6. The number of esters is 1. The molecule has 1 rings (SSSR count). The lowest BCUT2D eigenvalue weighted by Crippen LogP contribution is -2.28. The number of carbonyl (C=O) groups is 2. The minimum absolute atomic E-state index is 0.167. The van der Waals surface area contributed by atoms with Crippen LogP contribution in [0.3, 0.4) is 0 Å². The smallest absolute Gasteiger partial charge is 0.319 e. The summed E-state index contributed by atoms with van der Waals surface area (Å²) < 4.78 is 9.47. The van der Waals surface area contributed by atoms with E-state index in [9.17, 15) is 9.59 Å². The summed E-state index contributed by atoms with van der Waals surface area (Å²) in [6, 6.07) is 0. The molecule has 0 fully saturated rings. The Kier molecular flexibility index (Phi) is 2.74. The average Bonchev–Trinajstić information content (AvgIpc) is 2.20. The van der Waals surface area contributed by atoms with Crippen LogP contribution in [0.2, 0.25) is 0 Å². The standard InChI is InChI=1S/C10H12O4/c1-10(9(12)14-3)5-4-7(11)8(6-10)13-2/h4-6H,1-3H3. The molecular weight excluding hydrogens is 184 g/mol. The van der Waals surface area contributed by atoms with Crippen LogP contribution in [0.4, 0.5) is 0 Å². The van der Waals surface area contributed by atoms with Crippen LogP contribution in [0.15, 0.2) is 24.0 Å². The van der Waals surface area contributed by atoms with Crippen molar-refractivity contribution in [1.29, 1.82) is 0 Å². The molecule has 0 bridgehead atoms. The van der Waals surface area contributed by atoms with Gasteiger partial charge in [-0.25, -0.2) is 0 Å². The predicted molar refractivity (Wildman–Crippen MR) is 49.4 cm³/mol. The molecule has 0 heterocycles. The highest BCUT2D eigenvalue weighted by Gasteiger charge is 2.34. The Morgan fingerprint density at radius 3 is 2.57 bits per heavy atom. The van der Waals surface area contributed by atoms with Crippen molar-refractivity contribution in [3.63, 3.8) is 0 Å². The molecule has 4 nitrogen and oxygen atoms in total. The molecule has 1 aliphatic carbocycles. The number of methoxy groups -OCH3 is 2. The summed E-state index contributed by atoms with van der Waals surface area (Å²) >= 11 is 0. The van der Waals surface area contributed by atoms with E-state index >= 15 is 0 Å². The van der Waals surface area contributed by atoms with Gasteiger partial charge in [0.15, 0.2) is 5.76 Å². The maximum absolute atomic E-state index is 11.4. The first-order valence-electron chi connectivity index (χ1n) is 4.12. The van der Waals surface area contributed by atoms with Crippen LogP contribution in [0.1, 0.15) is 6.92 Å². The number of hydrogen-bond acceptors (Lipinski definition) is 4. The second kappa shape index (κ2) is 3.65. The van der Waals surface area contributed by atoms with Crippen LogP contribution in [0.5, 0.6) is 0 Å². The van der Waals surface area contributed by atoms with E-state index in [1.165, 1.54) is 32.4 Å². The van der Waals surface area contributed by atoms with Gasteiger partial charge in [0.05, 0.1) is 14.2 Å². The van der Waals surface area contributed by atoms with Crippen molar-refractivity contribution in [2.45, 2.75) is 6.92 Å². The van der Waals surface area contributed by atoms with Crippen molar-refractivity contribution in [3.8, 4) is 0 Å². The third kappa shape index (κ3) is 1.69. The van der Waals surface area contributed by atoms with Crippen molar-refractivity contribution in [3.05, 3.63) is 24.0 Å². The van der Waals surface area contributed by atoms with Crippen LogP contribution in [0.25, 0.3) is 0 Å². The summed E-state index contributed by atoms with van der Waals surface area (Å²) in [5, 5.41) is 0. The molecule has 1 unspecified atom stereocenters. The van der Waals surface area contributed by atoms with Gasteiger partial charge >= 0.3 is 5.97 Å². The number of carbonyl (C=O) groups excluding carboxylic acids is 2. The van der Waals surface area contributed by atoms with Crippen molar-refractivity contribution >= 4 is 11.8 Å². The molecule has 1 aliphatic rings. The largest absolute Gasteiger partial charge is 0.493 e. The monoisotopic (exact) mass is 196 g/mol. The van der Waals surface area contributed by atoms with Gasteiger partial charge in [0.2, 0.25) is 5.78 Å². The van der Waals surface area contributed by atoms with Gasteiger partial charge in [-0.15, -0.1) is 0 Å². The fraction of sp³-hybridized carbons (Fsp3) is 0.400. The van der Waals surface area contributed by atoms with E-state index in [1.807, 2.05) is 0 Å². The third-order valence-electron chi connectivity index (χ3n) is 2.10. The lowest BCUT2D eigenvalue weighted by molar-refractivity contribution is -0.146. The quantitative estimate of drug-likeness (QED) is 0.614. The average molecular weight is 196 g/mol. The molecule has 0 aromatic rings. The Bertz CT molecular complexity index is 327. The van der Waals surface area contributed by atoms with E-state index in [2.05, 4.69) is 4.74 Å². The van der Waals surface area contributed by atoms with E-state index in [0.29, 0.717) is 0 Å². The Labute approximate surface area is 82.2 Å². The van der Waals surface area contributed by atoms with E-state index in [0.717, 1.165) is 0 Å². The molecule has 1 atom stereocenters. The fourth-order valence-electron chi connectivity index (χ4n) is 1.23. The van der Waals surface area contributed by atoms with E-state index in [4.69, 9.17) is 4.74 Å². The van der Waals surface area contributed by atoms with Crippen molar-refractivity contribution < 1.29 is 19.1 Å². The van der Waals surface area contributed by atoms with Crippen LogP contribution in [-0.2, 0) is 19.1 Å². The zero-order valence-corrected chi connectivity index (χ0v) is 8.37. The SMILES string of the molecule is COC(=O)C1(C)C=CC(=O)C(OC)=C1. The zero-order chi connectivity index (χ0) is 10.8. The predicted octanol–water partition coefficient (Wildman–Crippen LogP) is 0.835. The molecule has 0 spiro atoms. The zero-order valence-electron chi connectivity index (χ0n) is 8.37. The summed E-state index contributed by atoms with van der Waals surface area (Å²) in [5.74, 6) is -0.495. The molecule has 14 heavy (non-hydrogen) atoms. The summed E-state index contributed by atoms with van der Waals surface area (Å²) in [5.41, 5.74) is -0.909. The topological polar surface area (TPSA) is 52.6 Å². The van der Waals surface area contributed by atoms with Gasteiger partial charge in [-0.3, -0.25) is 9.59 Å². The molecule has 0 saturated carbocycles. The van der Waals surface area contributed by atoms with Crippen LogP contribution in [-0.4, -0.2) is 26.0 Å². The van der Waals surface area contributed by atoms with Gasteiger partial charge in [0.25, 0.3) is 0 Å². The highest BCUT2D eigenvalue weighted by atomic mass is 16.5. The minimum Gasteiger partial charge on any atom is -0.493 e. The van der Waals surface area contributed by atoms with Crippen LogP contribution < -0.4 is 0 Å². The molecule has 4 heteroatoms. The summed E-state index contributed by atoms with van der Waals surface area (Å²) in [6.07, 6.45) is 4.28. The molecule has 76 valence electrons. The minimum atomic E-state index is -0.909. The van der Waals surface area contributed by atoms with Crippen molar-refractivity contribution in [2.24, 2.45) is 5.41 Å². The van der Waals surface area contributed by atoms with Gasteiger partial charge in [-0.05, 0) is 19.1 Å². The van der Waals surface area contributed by atoms with Crippen LogP contribution in [0, 0.1) is 5.41 Å². The van der Waals surface area contributed by atoms with Gasteiger partial charge in [0, 0.05) is 0 Å². The Hall–Kier alpha value is -1.58. The molecule has 0 saturated heterocycles. The molecule has 0 radical (unpaired) electrons. The number of hydrogen-bond donors (Lipinski definition) is 0. The highest BCUT2D eigenvalue weighted by Crippen LogP contribution is 2.28. The van der Waals surface area contributed by atoms with Gasteiger partial charge < -0.3 is 9.47 Å². The lowest BCUT2D eigenvalue weighted by atomic mass is 9.85. The third-order valence-corrected chi connectivity index (χ3v) is 2.10. The molecule has 0 aromatic heterocycles. The van der Waals surface area contributed by atoms with Gasteiger partial charge in [0.1, 0.15) is 5.41 Å². The first-order valence-corrected chi connectivity index (χ1v) is 4.12. The number of allylic oxidation sites excluding steroid dienone is 1. The second-order valence-electron chi connectivity index (χ2n) is 3.18. The Morgan fingerprint density at radius 2 is 2.07 bits per heavy atom. The van der Waals surface area contributed by atoms with Gasteiger partial charge in [-0.1, -0.05) is 6.08 Å². The maximum atomic E-state index is 11.4. The number of rotatable bonds is 2. The second-order valence-corrected chi connectivity index (χ2v) is 3.18. The molecule has 0 aliphatic heterocycles. The molecule has 0 aromatic carbocycles. The fourth-order valence-corrected chi connectivity index (χ4v) is 1.23. The Morgan fingerprint density at radius 1 is 1.43 bits per heavy atom. The first kappa shape index (κ1) is 10.5. The first-order chi connectivity index (χ1) is 6.53. The van der Waals surface area contributed by atoms with Crippen molar-refractivity contribution in [2.75, 3.05) is 14.2 Å². The maximum Gasteiger partial charge on any atom is 0.319 e. The summed E-state index contributed by atoms with van der Waals surface area (Å²) in [6.45, 7) is 1.65. The van der Waals surface area contributed by atoms with Gasteiger partial charge in [-0.2, -0.15) is 0 Å². The van der Waals surface area contributed by atoms with E-state index < -0.39 is 11.4 Å². The van der Waals surface area contributed by atoms with E-state index in [1.54, 1.807) is 6.92 Å². The van der Waals surface area contributed by atoms with E-state index in [-0.39, 0.29) is 11.5 Å². The van der Waals surface area contributed by atoms with Crippen molar-refractivity contribution in [1.82, 2.24) is 0 Å². The summed E-state index contributed by atoms with van der Waals surface area (Å²) in [4.78, 5) is 22.6. The molecule has 0 N–H and O–H groups in total.